The molecule has 0 spiro atoms. The Morgan fingerprint density at radius 2 is 2.36 bits per heavy atom. The molecular formula is C7H11N3NaO2S+. The van der Waals surface area contributed by atoms with Crippen molar-refractivity contribution in [1.29, 1.82) is 0 Å². The van der Waals surface area contributed by atoms with Gasteiger partial charge in [-0.1, -0.05) is 12.2 Å². The van der Waals surface area contributed by atoms with Crippen LogP contribution in [0.3, 0.4) is 0 Å². The zero-order chi connectivity index (χ0) is 9.68. The Morgan fingerprint density at radius 1 is 1.64 bits per heavy atom. The Bertz CT molecular complexity index is 336. The summed E-state index contributed by atoms with van der Waals surface area (Å²) in [5.41, 5.74) is 0.697. The molecule has 5 nitrogen and oxygen atoms in total. The van der Waals surface area contributed by atoms with Crippen LogP contribution in [0.2, 0.25) is 0 Å². The predicted octanol–water partition coefficient (Wildman–Crippen LogP) is -2.03. The maximum atomic E-state index is 10.9. The number of nitrogens with one attached hydrogen (secondary N) is 2. The molecule has 7 heteroatoms. The molecule has 0 saturated heterocycles. The molecule has 1 heterocycles. The monoisotopic (exact) mass is 224 g/mol. The number of carbonyl (C=O) groups is 1. The van der Waals surface area contributed by atoms with E-state index in [0.717, 1.165) is 0 Å². The first-order chi connectivity index (χ1) is 6.24. The van der Waals surface area contributed by atoms with Gasteiger partial charge >= 0.3 is 35.5 Å². The van der Waals surface area contributed by atoms with Gasteiger partial charge in [-0.15, -0.1) is 0 Å². The number of aryl methyl sites for hydroxylation is 1. The van der Waals surface area contributed by atoms with E-state index in [2.05, 4.69) is 15.4 Å². The van der Waals surface area contributed by atoms with Crippen LogP contribution in [0.5, 0.6) is 0 Å². The summed E-state index contributed by atoms with van der Waals surface area (Å²) in [7, 11) is 0. The van der Waals surface area contributed by atoms with Crippen molar-refractivity contribution >= 4 is 18.2 Å². The Hall–Kier alpha value is -0.170. The molecule has 0 unspecified atom stereocenters. The summed E-state index contributed by atoms with van der Waals surface area (Å²) < 4.78 is 5.30. The fourth-order valence-electron chi connectivity index (χ4n) is 0.892. The number of carbonyl (C=O) groups excluding carboxylic acids is 1. The first kappa shape index (κ1) is 13.8. The minimum atomic E-state index is -0.222. The minimum Gasteiger partial charge on any atom is -0.466 e. The molecule has 0 aliphatic carbocycles. The molecule has 0 fully saturated rings. The van der Waals surface area contributed by atoms with Crippen LogP contribution in [0.15, 0.2) is 0 Å². The number of nitrogens with zero attached hydrogens (tertiary/aromatic N) is 1. The van der Waals surface area contributed by atoms with Crippen molar-refractivity contribution in [2.45, 2.75) is 19.8 Å². The largest absolute Gasteiger partial charge is 1.00 e. The normalized spacial score (nSPS) is 9.21. The van der Waals surface area contributed by atoms with E-state index in [4.69, 9.17) is 17.0 Å². The molecule has 72 valence electrons. The number of aromatic amines is 2. The van der Waals surface area contributed by atoms with Gasteiger partial charge in [0.05, 0.1) is 18.7 Å². The SMILES string of the molecule is CCOC(=O)CCc1n[nH][nH]c1=S.[Na+]. The van der Waals surface area contributed by atoms with Gasteiger partial charge < -0.3 is 4.74 Å². The number of hydrogen-bond acceptors (Lipinski definition) is 4. The Balaban J connectivity index is 0.00000169. The molecule has 1 aromatic heterocycles. The zero-order valence-electron chi connectivity index (χ0n) is 8.29. The van der Waals surface area contributed by atoms with E-state index in [1.807, 2.05) is 0 Å². The Morgan fingerprint density at radius 3 is 2.86 bits per heavy atom. The first-order valence-electron chi connectivity index (χ1n) is 4.01. The van der Waals surface area contributed by atoms with Crippen molar-refractivity contribution in [3.8, 4) is 0 Å². The van der Waals surface area contributed by atoms with Gasteiger partial charge in [0, 0.05) is 6.42 Å². The van der Waals surface area contributed by atoms with Gasteiger partial charge in [-0.3, -0.25) is 9.89 Å². The van der Waals surface area contributed by atoms with Crippen LogP contribution in [-0.4, -0.2) is 28.0 Å². The molecule has 0 aliphatic rings. The van der Waals surface area contributed by atoms with Gasteiger partial charge in [0.15, 0.2) is 0 Å². The van der Waals surface area contributed by atoms with Crippen LogP contribution in [0.25, 0.3) is 0 Å². The third-order valence-corrected chi connectivity index (χ3v) is 1.83. The van der Waals surface area contributed by atoms with Crippen LogP contribution in [-0.2, 0) is 16.0 Å². The molecule has 0 radical (unpaired) electrons. The molecular weight excluding hydrogens is 213 g/mol. The Labute approximate surface area is 109 Å². The smallest absolute Gasteiger partial charge is 0.466 e. The van der Waals surface area contributed by atoms with Gasteiger partial charge in [-0.25, -0.2) is 5.21 Å². The van der Waals surface area contributed by atoms with Crippen molar-refractivity contribution < 1.29 is 39.1 Å². The van der Waals surface area contributed by atoms with Crippen LogP contribution < -0.4 is 29.6 Å². The number of aromatic nitrogens is 3. The number of H-pyrrole nitrogens is 2. The summed E-state index contributed by atoms with van der Waals surface area (Å²) in [4.78, 5) is 10.9. The second-order valence-electron chi connectivity index (χ2n) is 2.43. The second-order valence-corrected chi connectivity index (χ2v) is 2.84. The molecule has 1 rings (SSSR count). The van der Waals surface area contributed by atoms with E-state index in [9.17, 15) is 4.79 Å². The number of hydrogen-bond donors (Lipinski definition) is 2. The van der Waals surface area contributed by atoms with Gasteiger partial charge in [-0.2, -0.15) is 5.10 Å². The molecule has 14 heavy (non-hydrogen) atoms. The summed E-state index contributed by atoms with van der Waals surface area (Å²) in [5.74, 6) is -0.222. The molecule has 0 bridgehead atoms. The topological polar surface area (TPSA) is 70.8 Å². The van der Waals surface area contributed by atoms with Crippen LogP contribution in [0, 0.1) is 4.64 Å². The van der Waals surface area contributed by atoms with Gasteiger partial charge in [-0.05, 0) is 6.92 Å². The third kappa shape index (κ3) is 4.36. The van der Waals surface area contributed by atoms with Crippen LogP contribution in [0.1, 0.15) is 19.0 Å². The van der Waals surface area contributed by atoms with E-state index >= 15 is 0 Å². The fraction of sp³-hybridized carbons (Fsp3) is 0.571. The van der Waals surface area contributed by atoms with Crippen LogP contribution in [0.4, 0.5) is 0 Å². The number of rotatable bonds is 4. The minimum absolute atomic E-state index is 0. The van der Waals surface area contributed by atoms with Crippen LogP contribution >= 0.6 is 12.2 Å². The van der Waals surface area contributed by atoms with E-state index < -0.39 is 0 Å². The molecule has 0 saturated carbocycles. The maximum Gasteiger partial charge on any atom is 1.00 e. The summed E-state index contributed by atoms with van der Waals surface area (Å²) >= 11 is 4.90. The van der Waals surface area contributed by atoms with E-state index in [0.29, 0.717) is 29.8 Å². The molecule has 0 aliphatic heterocycles. The van der Waals surface area contributed by atoms with E-state index in [1.54, 1.807) is 6.92 Å². The zero-order valence-corrected chi connectivity index (χ0v) is 11.1. The summed E-state index contributed by atoms with van der Waals surface area (Å²) in [6.07, 6.45) is 0.827. The standard InChI is InChI=1S/C7H11N3O2S.Na/c1-2-12-6(11)4-3-5-7(13)9-10-8-5;/h2-4H2,1H3,(H2,8,9,10,13);/q;+1. The van der Waals surface area contributed by atoms with Crippen molar-refractivity contribution in [3.63, 3.8) is 0 Å². The maximum absolute atomic E-state index is 10.9. The molecule has 2 N–H and O–H groups in total. The number of ether oxygens (including phenoxy) is 1. The molecule has 0 aromatic carbocycles. The first-order valence-corrected chi connectivity index (χ1v) is 4.42. The quantitative estimate of drug-likeness (QED) is 0.351. The van der Waals surface area contributed by atoms with Gasteiger partial charge in [0.1, 0.15) is 4.64 Å². The molecule has 0 amide bonds. The average molecular weight is 224 g/mol. The van der Waals surface area contributed by atoms with Crippen molar-refractivity contribution in [2.24, 2.45) is 0 Å². The molecule has 0 atom stereocenters. The van der Waals surface area contributed by atoms with E-state index in [-0.39, 0.29) is 35.5 Å². The van der Waals surface area contributed by atoms with Crippen molar-refractivity contribution in [3.05, 3.63) is 10.3 Å². The fourth-order valence-corrected chi connectivity index (χ4v) is 1.09. The van der Waals surface area contributed by atoms with E-state index in [1.165, 1.54) is 0 Å². The summed E-state index contributed by atoms with van der Waals surface area (Å²) in [6.45, 7) is 2.19. The van der Waals surface area contributed by atoms with Crippen molar-refractivity contribution in [2.75, 3.05) is 6.61 Å². The number of esters is 1. The Kier molecular flexibility index (Phi) is 7.08. The second kappa shape index (κ2) is 7.17. The molecule has 1 aromatic rings. The third-order valence-electron chi connectivity index (χ3n) is 1.49. The summed E-state index contributed by atoms with van der Waals surface area (Å²) in [5, 5.41) is 9.03. The predicted molar refractivity (Wildman–Crippen MR) is 48.7 cm³/mol. The van der Waals surface area contributed by atoms with Gasteiger partial charge in [0.2, 0.25) is 0 Å². The van der Waals surface area contributed by atoms with Gasteiger partial charge in [0.25, 0.3) is 0 Å². The average Bonchev–Trinajstić information content (AvgIpc) is 2.48. The summed E-state index contributed by atoms with van der Waals surface area (Å²) in [6, 6.07) is 0. The van der Waals surface area contributed by atoms with Crippen molar-refractivity contribution in [1.82, 2.24) is 15.4 Å².